The van der Waals surface area contributed by atoms with Crippen LogP contribution in [0.3, 0.4) is 0 Å². The number of thiazole rings is 1. The third-order valence-corrected chi connectivity index (χ3v) is 8.31. The summed E-state index contributed by atoms with van der Waals surface area (Å²) in [5.74, 6) is -0.245. The van der Waals surface area contributed by atoms with Gasteiger partial charge in [-0.05, 0) is 49.8 Å². The van der Waals surface area contributed by atoms with Crippen molar-refractivity contribution in [1.29, 1.82) is 0 Å². The van der Waals surface area contributed by atoms with E-state index in [4.69, 9.17) is 9.47 Å². The highest BCUT2D eigenvalue weighted by molar-refractivity contribution is 7.07. The molecule has 1 atom stereocenters. The molecule has 6 rings (SSSR count). The number of halogens is 1. The summed E-state index contributed by atoms with van der Waals surface area (Å²) in [6.45, 7) is 4.24. The second-order valence-electron chi connectivity index (χ2n) is 9.90. The van der Waals surface area contributed by atoms with Crippen LogP contribution in [-0.2, 0) is 16.1 Å². The molecule has 7 nitrogen and oxygen atoms in total. The molecule has 0 saturated carbocycles. The van der Waals surface area contributed by atoms with E-state index in [1.54, 1.807) is 43.7 Å². The maximum absolute atomic E-state index is 14.1. The lowest BCUT2D eigenvalue weighted by atomic mass is 9.95. The van der Waals surface area contributed by atoms with Crippen molar-refractivity contribution >= 4 is 34.3 Å². The number of carbonyl (C=O) groups excluding carboxylic acids is 1. The fourth-order valence-electron chi connectivity index (χ4n) is 5.43. The largest absolute Gasteiger partial charge is 0.496 e. The average molecular weight is 582 g/mol. The normalized spacial score (nSPS) is 15.0. The van der Waals surface area contributed by atoms with E-state index >= 15 is 0 Å². The van der Waals surface area contributed by atoms with E-state index in [1.807, 2.05) is 54.7 Å². The number of allylic oxidation sites excluding steroid dienone is 1. The number of para-hydroxylation sites is 2. The number of hydrogen-bond acceptors (Lipinski definition) is 6. The summed E-state index contributed by atoms with van der Waals surface area (Å²) in [6.07, 6.45) is 3.87. The number of carbonyl (C=O) groups is 1. The van der Waals surface area contributed by atoms with Crippen molar-refractivity contribution in [3.05, 3.63) is 132 Å². The van der Waals surface area contributed by atoms with Gasteiger partial charge in [0.15, 0.2) is 4.80 Å². The molecular formula is C33H28FN3O4S. The van der Waals surface area contributed by atoms with Gasteiger partial charge in [0.05, 0.1) is 29.5 Å². The Morgan fingerprint density at radius 2 is 1.81 bits per heavy atom. The van der Waals surface area contributed by atoms with E-state index in [1.165, 1.54) is 23.5 Å². The molecule has 0 amide bonds. The van der Waals surface area contributed by atoms with Crippen LogP contribution >= 0.6 is 11.3 Å². The van der Waals surface area contributed by atoms with Crippen molar-refractivity contribution in [2.45, 2.75) is 26.4 Å². The first-order valence-corrected chi connectivity index (χ1v) is 14.4. The van der Waals surface area contributed by atoms with Crippen molar-refractivity contribution in [3.8, 4) is 5.75 Å². The Kier molecular flexibility index (Phi) is 7.34. The van der Waals surface area contributed by atoms with E-state index in [0.29, 0.717) is 38.5 Å². The standard InChI is InChI=1S/C33H28FN3O4S/c1-4-41-32(39)29-20(2)35-33-37(30(29)25-10-6-8-12-27(25)40-3)31(38)28(42-33)17-22-19-36(26-11-7-5-9-24(22)26)18-21-13-15-23(34)16-14-21/h5-17,19,30H,4,18H2,1-3H3/b28-17+/t30-/m1/s1. The van der Waals surface area contributed by atoms with Crippen LogP contribution in [0.25, 0.3) is 17.0 Å². The molecule has 0 saturated heterocycles. The number of fused-ring (bicyclic) bond motifs is 2. The van der Waals surface area contributed by atoms with Crippen LogP contribution in [0, 0.1) is 5.82 Å². The van der Waals surface area contributed by atoms with Crippen molar-refractivity contribution < 1.29 is 18.7 Å². The fraction of sp³-hybridized carbons (Fsp3) is 0.182. The summed E-state index contributed by atoms with van der Waals surface area (Å²) < 4.78 is 28.7. The van der Waals surface area contributed by atoms with E-state index in [0.717, 1.165) is 22.0 Å². The predicted octanol–water partition coefficient (Wildman–Crippen LogP) is 4.95. The van der Waals surface area contributed by atoms with Gasteiger partial charge < -0.3 is 14.0 Å². The average Bonchev–Trinajstić information content (AvgIpc) is 3.49. The summed E-state index contributed by atoms with van der Waals surface area (Å²) in [7, 11) is 1.56. The maximum Gasteiger partial charge on any atom is 0.338 e. The Hall–Kier alpha value is -4.76. The van der Waals surface area contributed by atoms with Gasteiger partial charge in [-0.25, -0.2) is 14.2 Å². The number of rotatable bonds is 7. The van der Waals surface area contributed by atoms with Crippen LogP contribution < -0.4 is 19.6 Å². The molecule has 0 unspecified atom stereocenters. The first-order chi connectivity index (χ1) is 20.4. The molecule has 0 spiro atoms. The van der Waals surface area contributed by atoms with Gasteiger partial charge in [0.2, 0.25) is 0 Å². The second kappa shape index (κ2) is 11.3. The lowest BCUT2D eigenvalue weighted by Gasteiger charge is -2.25. The number of aromatic nitrogens is 2. The zero-order valence-electron chi connectivity index (χ0n) is 23.3. The smallest absolute Gasteiger partial charge is 0.338 e. The van der Waals surface area contributed by atoms with Gasteiger partial charge >= 0.3 is 5.97 Å². The SMILES string of the molecule is CCOC(=O)C1=C(C)N=c2s/c(=C/c3cn(Cc4ccc(F)cc4)c4ccccc34)c(=O)n2[C@@H]1c1ccccc1OC. The number of hydrogen-bond donors (Lipinski definition) is 0. The zero-order valence-corrected chi connectivity index (χ0v) is 24.2. The maximum atomic E-state index is 14.1. The monoisotopic (exact) mass is 581 g/mol. The summed E-state index contributed by atoms with van der Waals surface area (Å²) in [5, 5.41) is 0.982. The molecule has 3 aromatic carbocycles. The molecule has 1 aliphatic heterocycles. The van der Waals surface area contributed by atoms with Crippen LogP contribution in [0.2, 0.25) is 0 Å². The van der Waals surface area contributed by atoms with Crippen LogP contribution in [0.5, 0.6) is 5.75 Å². The lowest BCUT2D eigenvalue weighted by Crippen LogP contribution is -2.40. The molecule has 9 heteroatoms. The molecule has 0 aliphatic carbocycles. The number of methoxy groups -OCH3 is 1. The molecule has 2 aromatic heterocycles. The van der Waals surface area contributed by atoms with Gasteiger partial charge in [0.25, 0.3) is 5.56 Å². The van der Waals surface area contributed by atoms with Crippen molar-refractivity contribution in [2.75, 3.05) is 13.7 Å². The molecule has 42 heavy (non-hydrogen) atoms. The third-order valence-electron chi connectivity index (χ3n) is 7.32. The Bertz CT molecular complexity index is 2040. The minimum Gasteiger partial charge on any atom is -0.496 e. The van der Waals surface area contributed by atoms with E-state index in [9.17, 15) is 14.0 Å². The lowest BCUT2D eigenvalue weighted by molar-refractivity contribution is -0.139. The summed E-state index contributed by atoms with van der Waals surface area (Å²) in [4.78, 5) is 32.5. The Labute approximate surface area is 245 Å². The fourth-order valence-corrected chi connectivity index (χ4v) is 6.46. The summed E-state index contributed by atoms with van der Waals surface area (Å²) in [6, 6.07) is 21.0. The van der Waals surface area contributed by atoms with Crippen LogP contribution in [0.1, 0.15) is 36.6 Å². The van der Waals surface area contributed by atoms with Crippen LogP contribution in [0.15, 0.2) is 100 Å². The molecule has 0 bridgehead atoms. The van der Waals surface area contributed by atoms with Crippen LogP contribution in [-0.4, -0.2) is 28.8 Å². The van der Waals surface area contributed by atoms with E-state index < -0.39 is 12.0 Å². The molecule has 0 N–H and O–H groups in total. The topological polar surface area (TPSA) is 74.8 Å². The number of nitrogens with zero attached hydrogens (tertiary/aromatic N) is 3. The van der Waals surface area contributed by atoms with Gasteiger partial charge in [-0.1, -0.05) is 59.9 Å². The minimum absolute atomic E-state index is 0.195. The summed E-state index contributed by atoms with van der Waals surface area (Å²) >= 11 is 1.27. The number of esters is 1. The second-order valence-corrected chi connectivity index (χ2v) is 10.9. The first kappa shape index (κ1) is 27.4. The Morgan fingerprint density at radius 1 is 1.07 bits per heavy atom. The van der Waals surface area contributed by atoms with Gasteiger partial charge in [-0.2, -0.15) is 0 Å². The molecule has 0 fully saturated rings. The molecule has 3 heterocycles. The number of ether oxygens (including phenoxy) is 2. The molecule has 5 aromatic rings. The molecule has 0 radical (unpaired) electrons. The summed E-state index contributed by atoms with van der Waals surface area (Å²) in [5.41, 5.74) is 4.02. The molecular weight excluding hydrogens is 553 g/mol. The van der Waals surface area contributed by atoms with E-state index in [2.05, 4.69) is 9.56 Å². The quantitative estimate of drug-likeness (QED) is 0.255. The van der Waals surface area contributed by atoms with Crippen LogP contribution in [0.4, 0.5) is 4.39 Å². The minimum atomic E-state index is -0.765. The molecule has 212 valence electrons. The Morgan fingerprint density at radius 3 is 2.57 bits per heavy atom. The van der Waals surface area contributed by atoms with E-state index in [-0.39, 0.29) is 18.0 Å². The van der Waals surface area contributed by atoms with Gasteiger partial charge in [-0.3, -0.25) is 9.36 Å². The highest BCUT2D eigenvalue weighted by Crippen LogP contribution is 2.35. The predicted molar refractivity (Wildman–Crippen MR) is 161 cm³/mol. The number of benzene rings is 3. The van der Waals surface area contributed by atoms with Crippen molar-refractivity contribution in [3.63, 3.8) is 0 Å². The Balaban J connectivity index is 1.53. The highest BCUT2D eigenvalue weighted by atomic mass is 32.1. The third kappa shape index (κ3) is 4.86. The first-order valence-electron chi connectivity index (χ1n) is 13.5. The van der Waals surface area contributed by atoms with Gasteiger partial charge in [-0.15, -0.1) is 0 Å². The van der Waals surface area contributed by atoms with Crippen molar-refractivity contribution in [2.24, 2.45) is 4.99 Å². The molecule has 1 aliphatic rings. The zero-order chi connectivity index (χ0) is 29.4. The van der Waals surface area contributed by atoms with Crippen molar-refractivity contribution in [1.82, 2.24) is 9.13 Å². The highest BCUT2D eigenvalue weighted by Gasteiger charge is 2.35. The van der Waals surface area contributed by atoms with Gasteiger partial charge in [0, 0.05) is 34.8 Å². The van der Waals surface area contributed by atoms with Gasteiger partial charge in [0.1, 0.15) is 17.6 Å².